The van der Waals surface area contributed by atoms with E-state index in [1.807, 2.05) is 18.2 Å². The molecule has 0 spiro atoms. The molecule has 0 radical (unpaired) electrons. The number of carbonyl (C=O) groups excluding carboxylic acids is 1. The number of fused-ring (bicyclic) bond motifs is 5. The summed E-state index contributed by atoms with van der Waals surface area (Å²) in [4.78, 5) is 16.1. The van der Waals surface area contributed by atoms with Gasteiger partial charge in [0.25, 0.3) is 0 Å². The maximum atomic E-state index is 11.2. The summed E-state index contributed by atoms with van der Waals surface area (Å²) in [5, 5.41) is 1.65. The molecular formula is C21H21ClN2O2. The van der Waals surface area contributed by atoms with Crippen LogP contribution in [0, 0.1) is 5.92 Å². The van der Waals surface area contributed by atoms with Gasteiger partial charge >= 0.3 is 5.97 Å². The molecule has 1 aromatic heterocycles. The zero-order chi connectivity index (χ0) is 18.3. The minimum Gasteiger partial charge on any atom is -0.462 e. The molecule has 2 aromatic rings. The number of halogens is 1. The SMILES string of the molecule is C=CC(=O)OCCC1=CC2Cc3nc4cc(Cl)ccc4c(N)c3C(C1)C2. The number of hydrogen-bond acceptors (Lipinski definition) is 4. The normalized spacial score (nSPS) is 21.0. The second-order valence-electron chi connectivity index (χ2n) is 7.09. The summed E-state index contributed by atoms with van der Waals surface area (Å²) in [5.74, 6) is 0.479. The summed E-state index contributed by atoms with van der Waals surface area (Å²) in [7, 11) is 0. The Balaban J connectivity index is 1.61. The molecule has 5 heteroatoms. The van der Waals surface area contributed by atoms with Crippen LogP contribution in [0.5, 0.6) is 0 Å². The molecule has 4 rings (SSSR count). The average Bonchev–Trinajstić information content (AvgIpc) is 2.60. The van der Waals surface area contributed by atoms with Crippen molar-refractivity contribution in [2.45, 2.75) is 31.6 Å². The van der Waals surface area contributed by atoms with Gasteiger partial charge in [0.2, 0.25) is 0 Å². The first kappa shape index (κ1) is 17.1. The molecule has 0 amide bonds. The van der Waals surface area contributed by atoms with E-state index in [0.717, 1.165) is 48.0 Å². The summed E-state index contributed by atoms with van der Waals surface area (Å²) < 4.78 is 5.13. The molecule has 134 valence electrons. The van der Waals surface area contributed by atoms with Crippen molar-refractivity contribution in [3.63, 3.8) is 0 Å². The van der Waals surface area contributed by atoms with Crippen molar-refractivity contribution in [2.75, 3.05) is 12.3 Å². The van der Waals surface area contributed by atoms with Crippen LogP contribution in [-0.4, -0.2) is 17.6 Å². The number of carbonyl (C=O) groups is 1. The molecule has 2 unspecified atom stereocenters. The Hall–Kier alpha value is -2.33. The van der Waals surface area contributed by atoms with E-state index in [2.05, 4.69) is 12.7 Å². The number of nitrogen functional groups attached to an aromatic ring is 1. The van der Waals surface area contributed by atoms with E-state index in [-0.39, 0.29) is 5.97 Å². The molecule has 2 N–H and O–H groups in total. The van der Waals surface area contributed by atoms with Gasteiger partial charge in [0.05, 0.1) is 12.1 Å². The minimum absolute atomic E-state index is 0.370. The maximum absolute atomic E-state index is 11.2. The van der Waals surface area contributed by atoms with Gasteiger partial charge in [-0.15, -0.1) is 0 Å². The number of benzene rings is 1. The molecule has 2 aliphatic carbocycles. The lowest BCUT2D eigenvalue weighted by Crippen LogP contribution is -2.25. The number of aromatic nitrogens is 1. The van der Waals surface area contributed by atoms with Gasteiger partial charge in [-0.2, -0.15) is 0 Å². The van der Waals surface area contributed by atoms with Gasteiger partial charge in [0.15, 0.2) is 0 Å². The molecule has 1 heterocycles. The number of esters is 1. The molecule has 0 aliphatic heterocycles. The number of ether oxygens (including phenoxy) is 1. The predicted molar refractivity (Wildman–Crippen MR) is 104 cm³/mol. The second kappa shape index (κ2) is 6.76. The number of allylic oxidation sites excluding steroid dienone is 1. The first-order valence-corrected chi connectivity index (χ1v) is 9.29. The Kier molecular flexibility index (Phi) is 4.45. The summed E-state index contributed by atoms with van der Waals surface area (Å²) in [6, 6.07) is 5.70. The van der Waals surface area contributed by atoms with Crippen LogP contribution in [0.25, 0.3) is 10.9 Å². The van der Waals surface area contributed by atoms with E-state index >= 15 is 0 Å². The number of anilines is 1. The van der Waals surface area contributed by atoms with Crippen LogP contribution in [0.2, 0.25) is 5.02 Å². The smallest absolute Gasteiger partial charge is 0.330 e. The van der Waals surface area contributed by atoms with Crippen LogP contribution in [0.4, 0.5) is 5.69 Å². The van der Waals surface area contributed by atoms with Crippen molar-refractivity contribution in [1.82, 2.24) is 4.98 Å². The van der Waals surface area contributed by atoms with Crippen LogP contribution in [0.15, 0.2) is 42.5 Å². The number of nitrogens with two attached hydrogens (primary N) is 1. The average molecular weight is 369 g/mol. The van der Waals surface area contributed by atoms with E-state index in [4.69, 9.17) is 27.1 Å². The largest absolute Gasteiger partial charge is 0.462 e. The van der Waals surface area contributed by atoms with Gasteiger partial charge in [-0.25, -0.2) is 4.79 Å². The third-order valence-electron chi connectivity index (χ3n) is 5.37. The third-order valence-corrected chi connectivity index (χ3v) is 5.61. The minimum atomic E-state index is -0.370. The number of nitrogens with zero attached hydrogens (tertiary/aromatic N) is 1. The first-order valence-electron chi connectivity index (χ1n) is 8.91. The van der Waals surface area contributed by atoms with Crippen molar-refractivity contribution in [1.29, 1.82) is 0 Å². The van der Waals surface area contributed by atoms with E-state index in [1.165, 1.54) is 17.2 Å². The number of pyridine rings is 1. The monoisotopic (exact) mass is 368 g/mol. The number of hydrogen-bond donors (Lipinski definition) is 1. The third kappa shape index (κ3) is 3.10. The van der Waals surface area contributed by atoms with Crippen LogP contribution in [0.1, 0.15) is 36.4 Å². The van der Waals surface area contributed by atoms with E-state index in [9.17, 15) is 4.79 Å². The second-order valence-corrected chi connectivity index (χ2v) is 7.53. The number of rotatable bonds is 4. The molecule has 0 saturated heterocycles. The fourth-order valence-electron chi connectivity index (χ4n) is 4.31. The van der Waals surface area contributed by atoms with E-state index in [0.29, 0.717) is 23.5 Å². The van der Waals surface area contributed by atoms with Crippen molar-refractivity contribution in [2.24, 2.45) is 5.92 Å². The lowest BCUT2D eigenvalue weighted by molar-refractivity contribution is -0.137. The summed E-state index contributed by atoms with van der Waals surface area (Å²) in [5.41, 5.74) is 11.9. The standard InChI is InChI=1S/C21H21ClN2O2/c1-2-19(25)26-6-5-12-7-13-9-14(8-12)20-18(10-13)24-17-11-15(22)3-4-16(17)21(20)23/h2-4,7,11,13-14H,1,5-6,8-10H2,(H2,23,24). The van der Waals surface area contributed by atoms with E-state index in [1.54, 1.807) is 0 Å². The van der Waals surface area contributed by atoms with Crippen molar-refractivity contribution in [3.05, 3.63) is 58.8 Å². The predicted octanol–water partition coefficient (Wildman–Crippen LogP) is 4.57. The van der Waals surface area contributed by atoms with Crippen molar-refractivity contribution in [3.8, 4) is 0 Å². The van der Waals surface area contributed by atoms with Crippen molar-refractivity contribution < 1.29 is 9.53 Å². The molecule has 0 fully saturated rings. The van der Waals surface area contributed by atoms with Crippen LogP contribution >= 0.6 is 11.6 Å². The lowest BCUT2D eigenvalue weighted by Gasteiger charge is -2.36. The topological polar surface area (TPSA) is 65.2 Å². The Morgan fingerprint density at radius 2 is 2.27 bits per heavy atom. The molecular weight excluding hydrogens is 348 g/mol. The molecule has 26 heavy (non-hydrogen) atoms. The molecule has 1 aromatic carbocycles. The van der Waals surface area contributed by atoms with Gasteiger partial charge < -0.3 is 10.5 Å². The highest BCUT2D eigenvalue weighted by Crippen LogP contribution is 2.47. The van der Waals surface area contributed by atoms with Crippen LogP contribution < -0.4 is 5.73 Å². The maximum Gasteiger partial charge on any atom is 0.330 e. The molecule has 2 bridgehead atoms. The molecule has 2 atom stereocenters. The first-order chi connectivity index (χ1) is 12.5. The van der Waals surface area contributed by atoms with Crippen molar-refractivity contribution >= 4 is 34.2 Å². The van der Waals surface area contributed by atoms with Crippen LogP contribution in [-0.2, 0) is 16.0 Å². The Bertz CT molecular complexity index is 935. The zero-order valence-corrected chi connectivity index (χ0v) is 15.3. The van der Waals surface area contributed by atoms with Crippen LogP contribution in [0.3, 0.4) is 0 Å². The molecule has 2 aliphatic rings. The lowest BCUT2D eigenvalue weighted by atomic mass is 9.70. The van der Waals surface area contributed by atoms with Gasteiger partial charge in [-0.3, -0.25) is 4.98 Å². The Morgan fingerprint density at radius 1 is 1.42 bits per heavy atom. The quantitative estimate of drug-likeness (QED) is 0.488. The molecule has 0 saturated carbocycles. The summed E-state index contributed by atoms with van der Waals surface area (Å²) in [6.07, 6.45) is 7.24. The Labute approximate surface area is 157 Å². The van der Waals surface area contributed by atoms with Gasteiger partial charge in [-0.1, -0.05) is 29.8 Å². The highest BCUT2D eigenvalue weighted by molar-refractivity contribution is 6.31. The Morgan fingerprint density at radius 3 is 3.08 bits per heavy atom. The van der Waals surface area contributed by atoms with Gasteiger partial charge in [-0.05, 0) is 49.3 Å². The fourth-order valence-corrected chi connectivity index (χ4v) is 4.48. The highest BCUT2D eigenvalue weighted by atomic mass is 35.5. The highest BCUT2D eigenvalue weighted by Gasteiger charge is 2.33. The van der Waals surface area contributed by atoms with E-state index < -0.39 is 0 Å². The molecule has 4 nitrogen and oxygen atoms in total. The summed E-state index contributed by atoms with van der Waals surface area (Å²) >= 11 is 6.12. The summed E-state index contributed by atoms with van der Waals surface area (Å²) in [6.45, 7) is 3.82. The van der Waals surface area contributed by atoms with Gasteiger partial charge in [0.1, 0.15) is 0 Å². The van der Waals surface area contributed by atoms with Gasteiger partial charge in [0, 0.05) is 39.9 Å². The fraction of sp³-hybridized carbons (Fsp3) is 0.333. The zero-order valence-electron chi connectivity index (χ0n) is 14.5.